The fourth-order valence-electron chi connectivity index (χ4n) is 1.57. The number of aryl methyl sites for hydroxylation is 1. The Hall–Kier alpha value is -0.690. The van der Waals surface area contributed by atoms with E-state index >= 15 is 0 Å². The number of hydrogen-bond donors (Lipinski definition) is 0. The minimum atomic E-state index is -4.67. The zero-order chi connectivity index (χ0) is 13.0. The van der Waals surface area contributed by atoms with Gasteiger partial charge in [-0.1, -0.05) is 0 Å². The predicted molar refractivity (Wildman–Crippen MR) is 55.0 cm³/mol. The zero-order valence-electron chi connectivity index (χ0n) is 8.63. The molecular weight excluding hydrogens is 282 g/mol. The summed E-state index contributed by atoms with van der Waals surface area (Å²) in [6.45, 7) is -0.172. The normalized spacial score (nSPS) is 22.8. The van der Waals surface area contributed by atoms with Gasteiger partial charge < -0.3 is 0 Å². The van der Waals surface area contributed by atoms with Crippen molar-refractivity contribution in [1.82, 2.24) is 14.3 Å². The quantitative estimate of drug-likeness (QED) is 0.779. The van der Waals surface area contributed by atoms with Crippen LogP contribution in [0.25, 0.3) is 0 Å². The Labute approximate surface area is 104 Å². The maximum absolute atomic E-state index is 12.6. The third-order valence-corrected chi connectivity index (χ3v) is 3.55. The molecular formula is C8H8Cl2F3N3O. The molecule has 17 heavy (non-hydrogen) atoms. The second-order valence-corrected chi connectivity index (χ2v) is 5.54. The van der Waals surface area contributed by atoms with Crippen LogP contribution < -0.4 is 5.69 Å². The topological polar surface area (TPSA) is 39.8 Å². The smallest absolute Gasteiger partial charge is 0.271 e. The van der Waals surface area contributed by atoms with Crippen LogP contribution in [-0.2, 0) is 19.8 Å². The molecule has 0 N–H and O–H groups in total. The summed E-state index contributed by atoms with van der Waals surface area (Å²) in [4.78, 5) is 11.5. The van der Waals surface area contributed by atoms with Crippen LogP contribution in [-0.4, -0.2) is 18.7 Å². The van der Waals surface area contributed by atoms with Gasteiger partial charge in [0.05, 0.1) is 0 Å². The highest BCUT2D eigenvalue weighted by Gasteiger charge is 2.53. The standard InChI is InChI=1S/C8H8Cl2F3N3O/c1-15-6(17)16(3-4-2-7(4,9)10)5(14-15)8(11,12)13/h4H,2-3H2,1H3. The Bertz CT molecular complexity index is 505. The van der Waals surface area contributed by atoms with Crippen molar-refractivity contribution in [3.8, 4) is 0 Å². The molecule has 1 aliphatic carbocycles. The molecule has 1 atom stereocenters. The molecule has 1 aliphatic rings. The molecule has 1 fully saturated rings. The number of aromatic nitrogens is 3. The summed E-state index contributed by atoms with van der Waals surface area (Å²) >= 11 is 11.4. The van der Waals surface area contributed by atoms with Gasteiger partial charge in [-0.25, -0.2) is 9.48 Å². The molecule has 2 rings (SSSR count). The van der Waals surface area contributed by atoms with Gasteiger partial charge in [0.2, 0.25) is 5.82 Å². The molecule has 0 bridgehead atoms. The summed E-state index contributed by atoms with van der Waals surface area (Å²) in [5.41, 5.74) is -0.826. The van der Waals surface area contributed by atoms with E-state index in [1.165, 1.54) is 0 Å². The van der Waals surface area contributed by atoms with Crippen LogP contribution in [0.4, 0.5) is 13.2 Å². The van der Waals surface area contributed by atoms with E-state index in [4.69, 9.17) is 23.2 Å². The van der Waals surface area contributed by atoms with Crippen molar-refractivity contribution >= 4 is 23.2 Å². The summed E-state index contributed by atoms with van der Waals surface area (Å²) in [5, 5.41) is 3.17. The number of hydrogen-bond acceptors (Lipinski definition) is 2. The van der Waals surface area contributed by atoms with Gasteiger partial charge in [0.1, 0.15) is 4.33 Å². The minimum absolute atomic E-state index is 0.172. The Morgan fingerprint density at radius 1 is 1.53 bits per heavy atom. The van der Waals surface area contributed by atoms with Gasteiger partial charge >= 0.3 is 11.9 Å². The van der Waals surface area contributed by atoms with Crippen LogP contribution in [0.2, 0.25) is 0 Å². The number of alkyl halides is 5. The molecule has 0 aliphatic heterocycles. The molecule has 1 unspecified atom stereocenters. The van der Waals surface area contributed by atoms with Crippen molar-refractivity contribution in [3.05, 3.63) is 16.3 Å². The molecule has 1 aromatic heterocycles. The SMILES string of the molecule is Cn1nc(C(F)(F)F)n(CC2CC2(Cl)Cl)c1=O. The van der Waals surface area contributed by atoms with Gasteiger partial charge in [-0.3, -0.25) is 4.57 Å². The van der Waals surface area contributed by atoms with E-state index in [0.717, 1.165) is 7.05 Å². The fraction of sp³-hybridized carbons (Fsp3) is 0.750. The summed E-state index contributed by atoms with van der Waals surface area (Å²) < 4.78 is 38.0. The maximum Gasteiger partial charge on any atom is 0.451 e. The largest absolute Gasteiger partial charge is 0.451 e. The van der Waals surface area contributed by atoms with Crippen LogP contribution in [0.15, 0.2) is 4.79 Å². The Balaban J connectivity index is 2.36. The maximum atomic E-state index is 12.6. The molecule has 0 saturated heterocycles. The van der Waals surface area contributed by atoms with Gasteiger partial charge in [0.25, 0.3) is 0 Å². The van der Waals surface area contributed by atoms with Crippen LogP contribution in [0.3, 0.4) is 0 Å². The van der Waals surface area contributed by atoms with Crippen molar-refractivity contribution in [2.75, 3.05) is 0 Å². The van der Waals surface area contributed by atoms with Crippen LogP contribution in [0.1, 0.15) is 12.2 Å². The molecule has 1 saturated carbocycles. The van der Waals surface area contributed by atoms with Crippen LogP contribution in [0.5, 0.6) is 0 Å². The Morgan fingerprint density at radius 3 is 2.47 bits per heavy atom. The first-order chi connectivity index (χ1) is 7.63. The lowest BCUT2D eigenvalue weighted by atomic mass is 10.4. The summed E-state index contributed by atoms with van der Waals surface area (Å²) in [5.74, 6) is -1.57. The lowest BCUT2D eigenvalue weighted by molar-refractivity contribution is -0.147. The highest BCUT2D eigenvalue weighted by molar-refractivity contribution is 6.50. The van der Waals surface area contributed by atoms with Crippen molar-refractivity contribution in [2.24, 2.45) is 13.0 Å². The van der Waals surface area contributed by atoms with E-state index in [-0.39, 0.29) is 12.5 Å². The Kier molecular flexibility index (Phi) is 2.74. The lowest BCUT2D eigenvalue weighted by Gasteiger charge is -2.07. The van der Waals surface area contributed by atoms with Gasteiger partial charge in [-0.2, -0.15) is 13.2 Å². The molecule has 0 aromatic carbocycles. The summed E-state index contributed by atoms with van der Waals surface area (Å²) in [7, 11) is 1.16. The first-order valence-electron chi connectivity index (χ1n) is 4.72. The summed E-state index contributed by atoms with van der Waals surface area (Å²) in [6.07, 6.45) is -4.30. The number of nitrogens with zero attached hydrogens (tertiary/aromatic N) is 3. The van der Waals surface area contributed by atoms with Gasteiger partial charge in [0.15, 0.2) is 0 Å². The third kappa shape index (κ3) is 2.30. The van der Waals surface area contributed by atoms with Gasteiger partial charge in [0, 0.05) is 19.5 Å². The molecule has 96 valence electrons. The van der Waals surface area contributed by atoms with Gasteiger partial charge in [-0.15, -0.1) is 28.3 Å². The van der Waals surface area contributed by atoms with Crippen molar-refractivity contribution in [3.63, 3.8) is 0 Å². The van der Waals surface area contributed by atoms with E-state index in [1.807, 2.05) is 0 Å². The molecule has 1 aromatic rings. The molecule has 0 amide bonds. The second-order valence-electron chi connectivity index (χ2n) is 4.00. The van der Waals surface area contributed by atoms with Crippen LogP contribution >= 0.6 is 23.2 Å². The molecule has 0 radical (unpaired) electrons. The Morgan fingerprint density at radius 2 is 2.06 bits per heavy atom. The number of rotatable bonds is 2. The average molecular weight is 290 g/mol. The van der Waals surface area contributed by atoms with Crippen LogP contribution in [0, 0.1) is 5.92 Å². The first kappa shape index (κ1) is 12.8. The molecule has 4 nitrogen and oxygen atoms in total. The van der Waals surface area contributed by atoms with E-state index in [0.29, 0.717) is 15.7 Å². The predicted octanol–water partition coefficient (Wildman–Crippen LogP) is 1.79. The first-order valence-corrected chi connectivity index (χ1v) is 5.47. The van der Waals surface area contributed by atoms with Gasteiger partial charge in [-0.05, 0) is 6.42 Å². The van der Waals surface area contributed by atoms with E-state index in [2.05, 4.69) is 5.10 Å². The zero-order valence-corrected chi connectivity index (χ0v) is 10.1. The highest BCUT2D eigenvalue weighted by Crippen LogP contribution is 2.54. The third-order valence-electron chi connectivity index (χ3n) is 2.62. The lowest BCUT2D eigenvalue weighted by Crippen LogP contribution is -2.27. The highest BCUT2D eigenvalue weighted by atomic mass is 35.5. The molecule has 1 heterocycles. The summed E-state index contributed by atoms with van der Waals surface area (Å²) in [6, 6.07) is 0. The van der Waals surface area contributed by atoms with E-state index in [9.17, 15) is 18.0 Å². The number of halogens is 5. The van der Waals surface area contributed by atoms with Crippen molar-refractivity contribution in [1.29, 1.82) is 0 Å². The van der Waals surface area contributed by atoms with Crippen molar-refractivity contribution in [2.45, 2.75) is 23.5 Å². The fourth-order valence-corrected chi connectivity index (χ4v) is 2.08. The molecule has 9 heteroatoms. The second kappa shape index (κ2) is 3.65. The average Bonchev–Trinajstić information content (AvgIpc) is 2.65. The van der Waals surface area contributed by atoms with Crippen molar-refractivity contribution < 1.29 is 13.2 Å². The minimum Gasteiger partial charge on any atom is -0.271 e. The van der Waals surface area contributed by atoms with E-state index in [1.54, 1.807) is 0 Å². The monoisotopic (exact) mass is 289 g/mol. The van der Waals surface area contributed by atoms with E-state index < -0.39 is 22.0 Å². The molecule has 0 spiro atoms.